The minimum absolute atomic E-state index is 0.00729. The molecule has 3 amide bonds. The molecule has 7 nitrogen and oxygen atoms in total. The average Bonchev–Trinajstić information content (AvgIpc) is 3.29. The number of nitrogens with zero attached hydrogens (tertiary/aromatic N) is 2. The monoisotopic (exact) mass is 490 g/mol. The van der Waals surface area contributed by atoms with Gasteiger partial charge in [-0.1, -0.05) is 68.5 Å². The van der Waals surface area contributed by atoms with Crippen LogP contribution in [0.15, 0.2) is 53.4 Å². The van der Waals surface area contributed by atoms with Gasteiger partial charge in [-0.2, -0.15) is 0 Å². The van der Waals surface area contributed by atoms with Crippen LogP contribution in [0.5, 0.6) is 0 Å². The topological polar surface area (TPSA) is 95.0 Å². The van der Waals surface area contributed by atoms with Crippen molar-refractivity contribution in [2.75, 3.05) is 18.0 Å². The quantitative estimate of drug-likeness (QED) is 0.562. The van der Waals surface area contributed by atoms with Crippen molar-refractivity contribution < 1.29 is 24.3 Å². The number of hydrogen-bond acceptors (Lipinski definition) is 5. The standard InChI is InChI=1S/C27H26N2O5S/c30-22(31)16-29-26(33)24(35-27(29)34)23-20-15-19(18-9-5-2-6-10-18)11-12-21(20)28(25(23)32)14-13-17-7-3-1-4-8-17/h2,5-6,9-12,15,17H,1,3-4,7-8,13-14,16H2,(H,30,31)/b24-23-. The fourth-order valence-electron chi connectivity index (χ4n) is 5.19. The third-order valence-corrected chi connectivity index (χ3v) is 7.96. The largest absolute Gasteiger partial charge is 0.480 e. The second kappa shape index (κ2) is 9.70. The van der Waals surface area contributed by atoms with Crippen LogP contribution in [0.3, 0.4) is 0 Å². The number of fused-ring (bicyclic) bond motifs is 1. The molecule has 0 spiro atoms. The average molecular weight is 491 g/mol. The van der Waals surface area contributed by atoms with Crippen LogP contribution in [0.25, 0.3) is 16.7 Å². The highest BCUT2D eigenvalue weighted by Crippen LogP contribution is 2.46. The van der Waals surface area contributed by atoms with Crippen LogP contribution in [-0.4, -0.2) is 46.1 Å². The lowest BCUT2D eigenvalue weighted by atomic mass is 9.87. The van der Waals surface area contributed by atoms with E-state index in [0.29, 0.717) is 34.7 Å². The number of hydrogen-bond donors (Lipinski definition) is 1. The molecule has 0 atom stereocenters. The molecule has 2 fully saturated rings. The molecule has 1 aliphatic carbocycles. The number of aliphatic carboxylic acids is 1. The number of rotatable bonds is 6. The lowest BCUT2D eigenvalue weighted by Crippen LogP contribution is -2.34. The van der Waals surface area contributed by atoms with E-state index in [9.17, 15) is 19.2 Å². The molecule has 5 rings (SSSR count). The number of benzene rings is 2. The smallest absolute Gasteiger partial charge is 0.323 e. The summed E-state index contributed by atoms with van der Waals surface area (Å²) in [7, 11) is 0. The zero-order chi connectivity index (χ0) is 24.5. The van der Waals surface area contributed by atoms with Gasteiger partial charge >= 0.3 is 5.97 Å². The Balaban J connectivity index is 1.55. The van der Waals surface area contributed by atoms with Crippen LogP contribution in [0.2, 0.25) is 0 Å². The van der Waals surface area contributed by atoms with E-state index in [-0.39, 0.29) is 16.4 Å². The Morgan fingerprint density at radius 3 is 2.37 bits per heavy atom. The highest BCUT2D eigenvalue weighted by atomic mass is 32.2. The Morgan fingerprint density at radius 1 is 0.914 bits per heavy atom. The van der Waals surface area contributed by atoms with Crippen molar-refractivity contribution in [3.8, 4) is 11.1 Å². The van der Waals surface area contributed by atoms with Gasteiger partial charge in [0.2, 0.25) is 0 Å². The van der Waals surface area contributed by atoms with Crippen molar-refractivity contribution in [1.29, 1.82) is 0 Å². The van der Waals surface area contributed by atoms with E-state index < -0.39 is 23.7 Å². The maximum atomic E-state index is 13.7. The first-order chi connectivity index (χ1) is 16.9. The summed E-state index contributed by atoms with van der Waals surface area (Å²) >= 11 is 0.644. The van der Waals surface area contributed by atoms with Gasteiger partial charge in [0, 0.05) is 12.1 Å². The number of carboxylic acids is 1. The molecule has 35 heavy (non-hydrogen) atoms. The van der Waals surface area contributed by atoms with E-state index in [0.717, 1.165) is 23.2 Å². The van der Waals surface area contributed by atoms with Crippen molar-refractivity contribution in [2.45, 2.75) is 38.5 Å². The van der Waals surface area contributed by atoms with E-state index in [4.69, 9.17) is 5.11 Å². The Kier molecular flexibility index (Phi) is 6.47. The van der Waals surface area contributed by atoms with Gasteiger partial charge in [-0.15, -0.1) is 0 Å². The van der Waals surface area contributed by atoms with E-state index in [1.807, 2.05) is 48.5 Å². The molecule has 0 unspecified atom stereocenters. The predicted octanol–water partition coefficient (Wildman–Crippen LogP) is 5.16. The van der Waals surface area contributed by atoms with E-state index in [1.54, 1.807) is 4.90 Å². The lowest BCUT2D eigenvalue weighted by molar-refractivity contribution is -0.140. The summed E-state index contributed by atoms with van der Waals surface area (Å²) in [6, 6.07) is 15.5. The van der Waals surface area contributed by atoms with E-state index >= 15 is 0 Å². The fraction of sp³-hybridized carbons (Fsp3) is 0.333. The Morgan fingerprint density at radius 2 is 1.66 bits per heavy atom. The van der Waals surface area contributed by atoms with Crippen molar-refractivity contribution >= 4 is 46.0 Å². The van der Waals surface area contributed by atoms with Crippen LogP contribution in [0, 0.1) is 5.92 Å². The van der Waals surface area contributed by atoms with Crippen molar-refractivity contribution in [2.24, 2.45) is 5.92 Å². The summed E-state index contributed by atoms with van der Waals surface area (Å²) in [5.74, 6) is -1.73. The number of anilines is 1. The summed E-state index contributed by atoms with van der Waals surface area (Å²) in [6.45, 7) is -0.179. The zero-order valence-electron chi connectivity index (χ0n) is 19.2. The van der Waals surface area contributed by atoms with Crippen LogP contribution in [0.1, 0.15) is 44.1 Å². The highest BCUT2D eigenvalue weighted by Gasteiger charge is 2.44. The Labute approximate surface area is 207 Å². The van der Waals surface area contributed by atoms with E-state index in [1.165, 1.54) is 32.1 Å². The molecular weight excluding hydrogens is 464 g/mol. The number of carbonyl (C=O) groups excluding carboxylic acids is 3. The summed E-state index contributed by atoms with van der Waals surface area (Å²) < 4.78 is 0. The van der Waals surface area contributed by atoms with Gasteiger partial charge in [-0.05, 0) is 47.4 Å². The Bertz CT molecular complexity index is 1230. The van der Waals surface area contributed by atoms with Crippen LogP contribution in [-0.2, 0) is 14.4 Å². The minimum atomic E-state index is -1.28. The van der Waals surface area contributed by atoms with Gasteiger partial charge in [-0.3, -0.25) is 24.1 Å². The van der Waals surface area contributed by atoms with Gasteiger partial charge in [0.05, 0.1) is 16.2 Å². The maximum absolute atomic E-state index is 13.7. The van der Waals surface area contributed by atoms with Gasteiger partial charge in [-0.25, -0.2) is 0 Å². The second-order valence-corrected chi connectivity index (χ2v) is 10.2. The molecule has 2 heterocycles. The predicted molar refractivity (Wildman–Crippen MR) is 135 cm³/mol. The molecule has 2 aromatic rings. The fourth-order valence-corrected chi connectivity index (χ4v) is 6.12. The first kappa shape index (κ1) is 23.4. The van der Waals surface area contributed by atoms with Crippen LogP contribution in [0.4, 0.5) is 10.5 Å². The molecule has 180 valence electrons. The minimum Gasteiger partial charge on any atom is -0.480 e. The molecule has 0 radical (unpaired) electrons. The van der Waals surface area contributed by atoms with Crippen molar-refractivity contribution in [1.82, 2.24) is 4.90 Å². The molecule has 0 aromatic heterocycles. The van der Waals surface area contributed by atoms with Gasteiger partial charge in [0.15, 0.2) is 0 Å². The second-order valence-electron chi connectivity index (χ2n) is 9.20. The number of amides is 3. The normalized spacial score (nSPS) is 20.6. The molecule has 2 aromatic carbocycles. The first-order valence-corrected chi connectivity index (χ1v) is 12.8. The first-order valence-electron chi connectivity index (χ1n) is 12.0. The van der Waals surface area contributed by atoms with Gasteiger partial charge in [0.1, 0.15) is 6.54 Å². The zero-order valence-corrected chi connectivity index (χ0v) is 20.1. The lowest BCUT2D eigenvalue weighted by Gasteiger charge is -2.25. The molecular formula is C27H26N2O5S. The number of thioether (sulfide) groups is 1. The number of imide groups is 1. The molecule has 1 saturated carbocycles. The van der Waals surface area contributed by atoms with Crippen molar-refractivity contribution in [3.05, 3.63) is 59.0 Å². The van der Waals surface area contributed by atoms with E-state index in [2.05, 4.69) is 0 Å². The maximum Gasteiger partial charge on any atom is 0.323 e. The summed E-state index contributed by atoms with van der Waals surface area (Å²) in [5, 5.41) is 8.45. The van der Waals surface area contributed by atoms with Gasteiger partial charge in [0.25, 0.3) is 17.1 Å². The molecule has 2 aliphatic heterocycles. The highest BCUT2D eigenvalue weighted by molar-refractivity contribution is 8.18. The molecule has 3 aliphatic rings. The van der Waals surface area contributed by atoms with Crippen LogP contribution < -0.4 is 4.90 Å². The van der Waals surface area contributed by atoms with Crippen LogP contribution >= 0.6 is 11.8 Å². The third kappa shape index (κ3) is 4.50. The van der Waals surface area contributed by atoms with Crippen molar-refractivity contribution in [3.63, 3.8) is 0 Å². The summed E-state index contributed by atoms with van der Waals surface area (Å²) in [5.41, 5.74) is 3.40. The molecule has 1 saturated heterocycles. The number of carboxylic acid groups (broad SMARTS) is 1. The molecule has 1 N–H and O–H groups in total. The Hall–Kier alpha value is -3.39. The summed E-state index contributed by atoms with van der Waals surface area (Å²) in [4.78, 5) is 52.8. The molecule has 0 bridgehead atoms. The van der Waals surface area contributed by atoms with Gasteiger partial charge < -0.3 is 10.0 Å². The molecule has 8 heteroatoms. The summed E-state index contributed by atoms with van der Waals surface area (Å²) in [6.07, 6.45) is 6.93. The third-order valence-electron chi connectivity index (χ3n) is 6.98. The number of carbonyl (C=O) groups is 4. The SMILES string of the molecule is O=C(O)CN1C(=O)S/C(=C2\C(=O)N(CCC3CCCCC3)c3ccc(-c4ccccc4)cc32)C1=O.